The Labute approximate surface area is 146 Å². The van der Waals surface area contributed by atoms with Crippen molar-refractivity contribution in [1.82, 2.24) is 0 Å². The quantitative estimate of drug-likeness (QED) is 0.650. The van der Waals surface area contributed by atoms with Gasteiger partial charge in [-0.25, -0.2) is 18.4 Å². The summed E-state index contributed by atoms with van der Waals surface area (Å²) in [6.07, 6.45) is -0.965. The van der Waals surface area contributed by atoms with Gasteiger partial charge in [0.15, 0.2) is 6.10 Å². The summed E-state index contributed by atoms with van der Waals surface area (Å²) in [5.41, 5.74) is 2.64. The first-order valence-corrected chi connectivity index (χ1v) is 9.09. The van der Waals surface area contributed by atoms with Crippen molar-refractivity contribution in [2.24, 2.45) is 5.14 Å². The van der Waals surface area contributed by atoms with E-state index >= 15 is 0 Å². The molecule has 0 radical (unpaired) electrons. The predicted molar refractivity (Wildman–Crippen MR) is 92.9 cm³/mol. The van der Waals surface area contributed by atoms with Gasteiger partial charge in [-0.15, -0.1) is 0 Å². The maximum Gasteiger partial charge on any atom is 0.338 e. The Morgan fingerprint density at radius 1 is 0.960 bits per heavy atom. The third-order valence-corrected chi connectivity index (χ3v) is 4.79. The van der Waals surface area contributed by atoms with Crippen LogP contribution in [0.15, 0.2) is 47.4 Å². The first-order chi connectivity index (χ1) is 11.6. The number of nitrogens with two attached hydrogens (primary N) is 1. The zero-order chi connectivity index (χ0) is 18.8. The highest BCUT2D eigenvalue weighted by atomic mass is 32.2. The molecule has 1 atom stereocenters. The Morgan fingerprint density at radius 2 is 1.52 bits per heavy atom. The number of hydrogen-bond donors (Lipinski definition) is 1. The average Bonchev–Trinajstić information content (AvgIpc) is 2.56. The minimum atomic E-state index is -3.83. The van der Waals surface area contributed by atoms with Crippen LogP contribution in [-0.4, -0.2) is 26.3 Å². The third kappa shape index (κ3) is 4.52. The van der Waals surface area contributed by atoms with E-state index in [9.17, 15) is 18.0 Å². The number of hydrogen-bond acceptors (Lipinski definition) is 5. The number of aryl methyl sites for hydroxylation is 2. The lowest BCUT2D eigenvalue weighted by molar-refractivity contribution is 0.0318. The lowest BCUT2D eigenvalue weighted by Gasteiger charge is -2.13. The second-order valence-corrected chi connectivity index (χ2v) is 7.34. The molecule has 0 aliphatic rings. The van der Waals surface area contributed by atoms with Gasteiger partial charge in [-0.1, -0.05) is 12.1 Å². The molecule has 0 aromatic heterocycles. The molecule has 2 N–H and O–H groups in total. The first kappa shape index (κ1) is 18.8. The molecular formula is C18H19NO5S. The predicted octanol–water partition coefficient (Wildman–Crippen LogP) is 2.38. The van der Waals surface area contributed by atoms with Gasteiger partial charge in [-0.3, -0.25) is 4.79 Å². The Kier molecular flexibility index (Phi) is 5.39. The Hall–Kier alpha value is -2.51. The number of Topliss-reactive ketones (excluding diaryl/α,β-unsaturated/α-hetero) is 1. The molecule has 2 rings (SSSR count). The summed E-state index contributed by atoms with van der Waals surface area (Å²) >= 11 is 0. The molecule has 0 aliphatic carbocycles. The first-order valence-electron chi connectivity index (χ1n) is 7.55. The van der Waals surface area contributed by atoms with Gasteiger partial charge < -0.3 is 4.74 Å². The molecule has 0 spiro atoms. The van der Waals surface area contributed by atoms with E-state index in [0.29, 0.717) is 5.56 Å². The highest BCUT2D eigenvalue weighted by Gasteiger charge is 2.21. The van der Waals surface area contributed by atoms with Crippen molar-refractivity contribution in [3.8, 4) is 0 Å². The van der Waals surface area contributed by atoms with Gasteiger partial charge in [-0.2, -0.15) is 0 Å². The topological polar surface area (TPSA) is 104 Å². The normalized spacial score (nSPS) is 12.5. The second kappa shape index (κ2) is 7.16. The molecule has 1 unspecified atom stereocenters. The molecule has 2 aromatic rings. The summed E-state index contributed by atoms with van der Waals surface area (Å²) < 4.78 is 27.6. The number of sulfonamides is 1. The molecule has 25 heavy (non-hydrogen) atoms. The van der Waals surface area contributed by atoms with E-state index in [4.69, 9.17) is 9.88 Å². The monoisotopic (exact) mass is 361 g/mol. The molecule has 0 saturated heterocycles. The molecule has 2 aromatic carbocycles. The standard InChI is InChI=1S/C18H19NO5S/c1-11-4-5-15(10-12(11)2)17(20)13(3)24-18(21)14-6-8-16(9-7-14)25(19,22)23/h4-10,13H,1-3H3,(H2,19,22,23). The van der Waals surface area contributed by atoms with Gasteiger partial charge in [0.05, 0.1) is 10.5 Å². The molecule has 0 bridgehead atoms. The van der Waals surface area contributed by atoms with Gasteiger partial charge in [0.1, 0.15) is 0 Å². The highest BCUT2D eigenvalue weighted by Crippen LogP contribution is 2.15. The maximum absolute atomic E-state index is 12.4. The van der Waals surface area contributed by atoms with Crippen LogP contribution < -0.4 is 5.14 Å². The Balaban J connectivity index is 2.11. The number of ketones is 1. The maximum atomic E-state index is 12.4. The third-order valence-electron chi connectivity index (χ3n) is 3.86. The number of rotatable bonds is 5. The fourth-order valence-electron chi connectivity index (χ4n) is 2.19. The summed E-state index contributed by atoms with van der Waals surface area (Å²) in [4.78, 5) is 24.4. The lowest BCUT2D eigenvalue weighted by Crippen LogP contribution is -2.24. The van der Waals surface area contributed by atoms with E-state index in [0.717, 1.165) is 11.1 Å². The fourth-order valence-corrected chi connectivity index (χ4v) is 2.71. The summed E-state index contributed by atoms with van der Waals surface area (Å²) in [6.45, 7) is 5.34. The molecule has 0 amide bonds. The summed E-state index contributed by atoms with van der Waals surface area (Å²) in [6, 6.07) is 10.3. The van der Waals surface area contributed by atoms with E-state index in [-0.39, 0.29) is 16.2 Å². The zero-order valence-corrected chi connectivity index (χ0v) is 15.0. The minimum absolute atomic E-state index is 0.108. The summed E-state index contributed by atoms with van der Waals surface area (Å²) in [7, 11) is -3.83. The van der Waals surface area contributed by atoms with Crippen LogP contribution in [0.3, 0.4) is 0 Å². The van der Waals surface area contributed by atoms with E-state index < -0.39 is 22.1 Å². The van der Waals surface area contributed by atoms with Crippen LogP contribution in [0.25, 0.3) is 0 Å². The van der Waals surface area contributed by atoms with Crippen molar-refractivity contribution in [3.63, 3.8) is 0 Å². The highest BCUT2D eigenvalue weighted by molar-refractivity contribution is 7.89. The number of esters is 1. The number of carbonyl (C=O) groups is 2. The van der Waals surface area contributed by atoms with E-state index in [1.807, 2.05) is 19.9 Å². The number of carbonyl (C=O) groups excluding carboxylic acids is 2. The Bertz CT molecular complexity index is 917. The van der Waals surface area contributed by atoms with Crippen LogP contribution in [0.4, 0.5) is 0 Å². The average molecular weight is 361 g/mol. The van der Waals surface area contributed by atoms with Crippen molar-refractivity contribution in [2.45, 2.75) is 31.8 Å². The smallest absolute Gasteiger partial charge is 0.338 e. The minimum Gasteiger partial charge on any atom is -0.451 e. The number of benzene rings is 2. The molecule has 0 fully saturated rings. The second-order valence-electron chi connectivity index (χ2n) is 5.78. The van der Waals surface area contributed by atoms with Crippen LogP contribution in [0.2, 0.25) is 0 Å². The van der Waals surface area contributed by atoms with E-state index in [1.54, 1.807) is 12.1 Å². The van der Waals surface area contributed by atoms with E-state index in [1.165, 1.54) is 31.2 Å². The van der Waals surface area contributed by atoms with Crippen molar-refractivity contribution >= 4 is 21.8 Å². The lowest BCUT2D eigenvalue weighted by atomic mass is 10.0. The van der Waals surface area contributed by atoms with Crippen LogP contribution in [0, 0.1) is 13.8 Å². The number of ether oxygens (including phenoxy) is 1. The van der Waals surface area contributed by atoms with Gasteiger partial charge in [0.25, 0.3) is 0 Å². The largest absolute Gasteiger partial charge is 0.451 e. The Morgan fingerprint density at radius 3 is 2.04 bits per heavy atom. The van der Waals surface area contributed by atoms with Crippen molar-refractivity contribution in [1.29, 1.82) is 0 Å². The van der Waals surface area contributed by atoms with Crippen molar-refractivity contribution < 1.29 is 22.7 Å². The molecule has 0 heterocycles. The molecule has 0 aliphatic heterocycles. The van der Waals surface area contributed by atoms with Gasteiger partial charge in [0.2, 0.25) is 15.8 Å². The molecule has 7 heteroatoms. The molecule has 0 saturated carbocycles. The summed E-state index contributed by atoms with van der Waals surface area (Å²) in [5, 5.41) is 5.00. The van der Waals surface area contributed by atoms with Gasteiger partial charge >= 0.3 is 5.97 Å². The fraction of sp³-hybridized carbons (Fsp3) is 0.222. The van der Waals surface area contributed by atoms with E-state index in [2.05, 4.69) is 0 Å². The summed E-state index contributed by atoms with van der Waals surface area (Å²) in [5.74, 6) is -1.02. The van der Waals surface area contributed by atoms with Crippen molar-refractivity contribution in [2.75, 3.05) is 0 Å². The molecule has 132 valence electrons. The SMILES string of the molecule is Cc1ccc(C(=O)C(C)OC(=O)c2ccc(S(N)(=O)=O)cc2)cc1C. The molecule has 6 nitrogen and oxygen atoms in total. The van der Waals surface area contributed by atoms with Crippen molar-refractivity contribution in [3.05, 3.63) is 64.7 Å². The van der Waals surface area contributed by atoms with Gasteiger partial charge in [0, 0.05) is 5.56 Å². The van der Waals surface area contributed by atoms with Crippen LogP contribution in [0.1, 0.15) is 38.8 Å². The van der Waals surface area contributed by atoms with Gasteiger partial charge in [-0.05, 0) is 62.2 Å². The van der Waals surface area contributed by atoms with Crippen LogP contribution >= 0.6 is 0 Å². The van der Waals surface area contributed by atoms with Crippen LogP contribution in [-0.2, 0) is 14.8 Å². The van der Waals surface area contributed by atoms with Crippen LogP contribution in [0.5, 0.6) is 0 Å². The molecular weight excluding hydrogens is 342 g/mol. The zero-order valence-electron chi connectivity index (χ0n) is 14.1. The number of primary sulfonamides is 1.